The molecule has 0 bridgehead atoms. The topological polar surface area (TPSA) is 58.4 Å². The van der Waals surface area contributed by atoms with Crippen molar-refractivity contribution in [2.24, 2.45) is 11.7 Å². The fraction of sp³-hybridized carbons (Fsp3) is 0.909. The van der Waals surface area contributed by atoms with E-state index >= 15 is 0 Å². The van der Waals surface area contributed by atoms with Gasteiger partial charge in [0.05, 0.1) is 0 Å². The summed E-state index contributed by atoms with van der Waals surface area (Å²) in [4.78, 5) is 12.8. The fourth-order valence-electron chi connectivity index (χ4n) is 2.24. The van der Waals surface area contributed by atoms with E-state index in [0.29, 0.717) is 12.0 Å². The van der Waals surface area contributed by atoms with Gasteiger partial charge in [0.1, 0.15) is 0 Å². The molecule has 1 heterocycles. The molecular weight excluding hydrogens is 190 g/mol. The van der Waals surface area contributed by atoms with Crippen LogP contribution in [0.4, 0.5) is 4.79 Å². The molecule has 0 aromatic rings. The lowest BCUT2D eigenvalue weighted by Gasteiger charge is -2.38. The molecule has 15 heavy (non-hydrogen) atoms. The molecule has 2 unspecified atom stereocenters. The molecule has 1 aliphatic heterocycles. The van der Waals surface area contributed by atoms with E-state index in [1.165, 1.54) is 0 Å². The van der Waals surface area contributed by atoms with Gasteiger partial charge in [0.15, 0.2) is 0 Å². The van der Waals surface area contributed by atoms with E-state index in [0.717, 1.165) is 38.9 Å². The lowest BCUT2D eigenvalue weighted by Crippen LogP contribution is -2.52. The van der Waals surface area contributed by atoms with Gasteiger partial charge in [-0.25, -0.2) is 4.79 Å². The van der Waals surface area contributed by atoms with Gasteiger partial charge in [-0.1, -0.05) is 20.3 Å². The summed E-state index contributed by atoms with van der Waals surface area (Å²) in [5.74, 6) is 0.554. The van der Waals surface area contributed by atoms with Crippen LogP contribution in [0.15, 0.2) is 0 Å². The zero-order valence-corrected chi connectivity index (χ0v) is 9.83. The van der Waals surface area contributed by atoms with E-state index in [2.05, 4.69) is 19.2 Å². The molecule has 2 atom stereocenters. The standard InChI is InChI=1S/C11H23N3O/c1-3-6-13-10-5-7-14(11(12)15)8-9(10)4-2/h9-10,13H,3-8H2,1-2H3,(H2,12,15). The second-order valence-electron chi connectivity index (χ2n) is 4.30. The zero-order valence-electron chi connectivity index (χ0n) is 9.83. The van der Waals surface area contributed by atoms with Crippen molar-refractivity contribution in [3.8, 4) is 0 Å². The van der Waals surface area contributed by atoms with Crippen molar-refractivity contribution in [2.45, 2.75) is 39.2 Å². The van der Waals surface area contributed by atoms with Gasteiger partial charge in [-0.15, -0.1) is 0 Å². The summed E-state index contributed by atoms with van der Waals surface area (Å²) in [7, 11) is 0. The molecule has 88 valence electrons. The SMILES string of the molecule is CCCNC1CCN(C(N)=O)CC1CC. The first-order valence-corrected chi connectivity index (χ1v) is 5.96. The molecule has 2 amide bonds. The molecule has 0 aliphatic carbocycles. The lowest BCUT2D eigenvalue weighted by molar-refractivity contribution is 0.148. The van der Waals surface area contributed by atoms with Crippen molar-refractivity contribution in [3.05, 3.63) is 0 Å². The maximum Gasteiger partial charge on any atom is 0.314 e. The monoisotopic (exact) mass is 213 g/mol. The summed E-state index contributed by atoms with van der Waals surface area (Å²) >= 11 is 0. The molecule has 3 N–H and O–H groups in total. The largest absolute Gasteiger partial charge is 0.351 e. The van der Waals surface area contributed by atoms with Gasteiger partial charge in [0.2, 0.25) is 0 Å². The summed E-state index contributed by atoms with van der Waals surface area (Å²) in [6.07, 6.45) is 3.29. The van der Waals surface area contributed by atoms with Crippen molar-refractivity contribution >= 4 is 6.03 Å². The minimum absolute atomic E-state index is 0.276. The number of rotatable bonds is 4. The minimum Gasteiger partial charge on any atom is -0.351 e. The number of nitrogens with zero attached hydrogens (tertiary/aromatic N) is 1. The van der Waals surface area contributed by atoms with Gasteiger partial charge >= 0.3 is 6.03 Å². The number of urea groups is 1. The number of amides is 2. The number of hydrogen-bond donors (Lipinski definition) is 2. The Kier molecular flexibility index (Phi) is 4.88. The van der Waals surface area contributed by atoms with Crippen LogP contribution in [-0.2, 0) is 0 Å². The van der Waals surface area contributed by atoms with Crippen molar-refractivity contribution in [3.63, 3.8) is 0 Å². The summed E-state index contributed by atoms with van der Waals surface area (Å²) in [6.45, 7) is 7.03. The average Bonchev–Trinajstić information content (AvgIpc) is 2.25. The molecule has 1 rings (SSSR count). The molecular formula is C11H23N3O. The smallest absolute Gasteiger partial charge is 0.314 e. The molecule has 0 radical (unpaired) electrons. The Balaban J connectivity index is 2.45. The van der Waals surface area contributed by atoms with Crippen molar-refractivity contribution in [1.29, 1.82) is 0 Å². The number of nitrogens with two attached hydrogens (primary N) is 1. The number of piperidine rings is 1. The van der Waals surface area contributed by atoms with Crippen LogP contribution < -0.4 is 11.1 Å². The number of carbonyl (C=O) groups is 1. The Morgan fingerprint density at radius 1 is 1.53 bits per heavy atom. The van der Waals surface area contributed by atoms with Crippen LogP contribution in [0.5, 0.6) is 0 Å². The summed E-state index contributed by atoms with van der Waals surface area (Å²) < 4.78 is 0. The first-order valence-electron chi connectivity index (χ1n) is 5.96. The predicted molar refractivity (Wildman–Crippen MR) is 61.6 cm³/mol. The Hall–Kier alpha value is -0.770. The second-order valence-corrected chi connectivity index (χ2v) is 4.30. The minimum atomic E-state index is -0.276. The molecule has 4 heteroatoms. The number of likely N-dealkylation sites (tertiary alicyclic amines) is 1. The Labute approximate surface area is 92.2 Å². The van der Waals surface area contributed by atoms with E-state index in [1.807, 2.05) is 0 Å². The van der Waals surface area contributed by atoms with E-state index < -0.39 is 0 Å². The molecule has 4 nitrogen and oxygen atoms in total. The van der Waals surface area contributed by atoms with Gasteiger partial charge in [-0.2, -0.15) is 0 Å². The fourth-order valence-corrected chi connectivity index (χ4v) is 2.24. The Morgan fingerprint density at radius 3 is 2.80 bits per heavy atom. The average molecular weight is 213 g/mol. The van der Waals surface area contributed by atoms with Gasteiger partial charge in [0, 0.05) is 19.1 Å². The highest BCUT2D eigenvalue weighted by Gasteiger charge is 2.28. The van der Waals surface area contributed by atoms with Gasteiger partial charge in [-0.05, 0) is 25.3 Å². The van der Waals surface area contributed by atoms with Gasteiger partial charge in [-0.3, -0.25) is 0 Å². The van der Waals surface area contributed by atoms with Crippen LogP contribution >= 0.6 is 0 Å². The van der Waals surface area contributed by atoms with Gasteiger partial charge in [0.25, 0.3) is 0 Å². The van der Waals surface area contributed by atoms with Crippen molar-refractivity contribution in [2.75, 3.05) is 19.6 Å². The third-order valence-corrected chi connectivity index (χ3v) is 3.23. The van der Waals surface area contributed by atoms with Crippen LogP contribution in [0.3, 0.4) is 0 Å². The molecule has 0 aromatic carbocycles. The number of carbonyl (C=O) groups excluding carboxylic acids is 1. The van der Waals surface area contributed by atoms with E-state index in [1.54, 1.807) is 4.90 Å². The molecule has 0 saturated carbocycles. The zero-order chi connectivity index (χ0) is 11.3. The van der Waals surface area contributed by atoms with Crippen LogP contribution in [0.2, 0.25) is 0 Å². The van der Waals surface area contributed by atoms with Crippen LogP contribution in [0.25, 0.3) is 0 Å². The maximum atomic E-state index is 11.1. The number of hydrogen-bond acceptors (Lipinski definition) is 2. The number of nitrogens with one attached hydrogen (secondary N) is 1. The molecule has 1 fully saturated rings. The highest BCUT2D eigenvalue weighted by Crippen LogP contribution is 2.19. The first kappa shape index (κ1) is 12.3. The lowest BCUT2D eigenvalue weighted by atomic mass is 9.90. The van der Waals surface area contributed by atoms with Crippen molar-refractivity contribution < 1.29 is 4.79 Å². The Bertz CT molecular complexity index is 208. The first-order chi connectivity index (χ1) is 7.19. The third kappa shape index (κ3) is 3.38. The number of primary amides is 1. The van der Waals surface area contributed by atoms with Crippen molar-refractivity contribution in [1.82, 2.24) is 10.2 Å². The quantitative estimate of drug-likeness (QED) is 0.736. The summed E-state index contributed by atoms with van der Waals surface area (Å²) in [5, 5.41) is 3.55. The normalized spacial score (nSPS) is 26.7. The molecule has 1 saturated heterocycles. The predicted octanol–water partition coefficient (Wildman–Crippen LogP) is 1.17. The molecule has 0 spiro atoms. The Morgan fingerprint density at radius 2 is 2.27 bits per heavy atom. The highest BCUT2D eigenvalue weighted by atomic mass is 16.2. The van der Waals surface area contributed by atoms with E-state index in [4.69, 9.17) is 5.73 Å². The van der Waals surface area contributed by atoms with E-state index in [-0.39, 0.29) is 6.03 Å². The molecule has 1 aliphatic rings. The molecule has 0 aromatic heterocycles. The van der Waals surface area contributed by atoms with Gasteiger partial charge < -0.3 is 16.0 Å². The van der Waals surface area contributed by atoms with Crippen LogP contribution in [0, 0.1) is 5.92 Å². The third-order valence-electron chi connectivity index (χ3n) is 3.23. The maximum absolute atomic E-state index is 11.1. The van der Waals surface area contributed by atoms with Crippen LogP contribution in [-0.4, -0.2) is 36.6 Å². The summed E-state index contributed by atoms with van der Waals surface area (Å²) in [6, 6.07) is 0.285. The van der Waals surface area contributed by atoms with E-state index in [9.17, 15) is 4.79 Å². The summed E-state index contributed by atoms with van der Waals surface area (Å²) in [5.41, 5.74) is 5.30. The van der Waals surface area contributed by atoms with Crippen LogP contribution in [0.1, 0.15) is 33.1 Å². The highest BCUT2D eigenvalue weighted by molar-refractivity contribution is 5.72. The second kappa shape index (κ2) is 5.95.